The molecule has 0 aliphatic heterocycles. The average Bonchev–Trinajstić information content (AvgIpc) is 2.09. The number of terminal acetylenes is 1. The van der Waals surface area contributed by atoms with E-state index in [1.807, 2.05) is 14.1 Å². The van der Waals surface area contributed by atoms with Gasteiger partial charge in [0.2, 0.25) is 0 Å². The summed E-state index contributed by atoms with van der Waals surface area (Å²) in [6, 6.07) is 2.72. The highest BCUT2D eigenvalue weighted by Gasteiger charge is 1.67. The van der Waals surface area contributed by atoms with Crippen LogP contribution in [-0.4, -0.2) is 19.0 Å². The molecule has 0 rings (SSSR count). The molecule has 0 heterocycles. The van der Waals surface area contributed by atoms with Crippen molar-refractivity contribution in [2.24, 2.45) is 0 Å². The van der Waals surface area contributed by atoms with Crippen molar-refractivity contribution in [1.29, 1.82) is 0 Å². The quantitative estimate of drug-likeness (QED) is 0.365. The van der Waals surface area contributed by atoms with Crippen LogP contribution < -0.4 is 0 Å². The van der Waals surface area contributed by atoms with Crippen molar-refractivity contribution < 1.29 is 0 Å². The minimum Gasteiger partial charge on any atom is -0.338 e. The molecule has 0 bridgehead atoms. The van der Waals surface area contributed by atoms with E-state index in [4.69, 9.17) is 6.42 Å². The first-order chi connectivity index (χ1) is 6.27. The molecular formula is C12H7N. The first-order valence-corrected chi connectivity index (χ1v) is 3.41. The standard InChI is InChI=1S/C12H7N/c1-4-5-6-7-8-9-10-11-12-13(2)3/h1H,2-3H3. The van der Waals surface area contributed by atoms with Crippen LogP contribution in [0.5, 0.6) is 0 Å². The van der Waals surface area contributed by atoms with E-state index in [-0.39, 0.29) is 0 Å². The molecule has 0 saturated heterocycles. The van der Waals surface area contributed by atoms with Crippen LogP contribution in [0.2, 0.25) is 0 Å². The number of nitrogens with zero attached hydrogens (tertiary/aromatic N) is 1. The van der Waals surface area contributed by atoms with Crippen LogP contribution in [0.1, 0.15) is 0 Å². The van der Waals surface area contributed by atoms with Gasteiger partial charge in [-0.15, -0.1) is 6.42 Å². The van der Waals surface area contributed by atoms with Crippen LogP contribution in [0.3, 0.4) is 0 Å². The van der Waals surface area contributed by atoms with Gasteiger partial charge in [0.1, 0.15) is 0 Å². The van der Waals surface area contributed by atoms with Gasteiger partial charge in [0.15, 0.2) is 0 Å². The summed E-state index contributed by atoms with van der Waals surface area (Å²) in [5.74, 6) is 19.5. The fourth-order valence-electron chi connectivity index (χ4n) is 0.332. The molecule has 60 valence electrons. The second-order valence-corrected chi connectivity index (χ2v) is 2.03. The monoisotopic (exact) mass is 165 g/mol. The third-order valence-electron chi connectivity index (χ3n) is 0.727. The van der Waals surface area contributed by atoms with Crippen LogP contribution in [0.4, 0.5) is 0 Å². The summed E-state index contributed by atoms with van der Waals surface area (Å²) in [6.45, 7) is 0. The second-order valence-electron chi connectivity index (χ2n) is 2.03. The maximum Gasteiger partial charge on any atom is 0.0211 e. The minimum atomic E-state index is 1.71. The molecule has 0 aliphatic rings. The first-order valence-electron chi connectivity index (χ1n) is 3.41. The van der Waals surface area contributed by atoms with Gasteiger partial charge in [-0.1, -0.05) is 0 Å². The Balaban J connectivity index is 4.09. The van der Waals surface area contributed by atoms with E-state index in [9.17, 15) is 0 Å². The molecule has 1 heteroatoms. The number of hydrogen-bond donors (Lipinski definition) is 0. The SMILES string of the molecule is C#CC#CC#CC#CC#CN(C)C. The highest BCUT2D eigenvalue weighted by atomic mass is 15.0. The van der Waals surface area contributed by atoms with Gasteiger partial charge in [0, 0.05) is 43.8 Å². The van der Waals surface area contributed by atoms with Crippen LogP contribution in [0.25, 0.3) is 0 Å². The van der Waals surface area contributed by atoms with Crippen molar-refractivity contribution in [3.05, 3.63) is 0 Å². The highest BCUT2D eigenvalue weighted by Crippen LogP contribution is 1.62. The summed E-state index contributed by atoms with van der Waals surface area (Å²) in [5, 5.41) is 0. The fraction of sp³-hybridized carbons (Fsp3) is 0.167. The summed E-state index contributed by atoms with van der Waals surface area (Å²) in [5.41, 5.74) is 0. The molecule has 13 heavy (non-hydrogen) atoms. The Kier molecular flexibility index (Phi) is 6.28. The molecule has 0 fully saturated rings. The Morgan fingerprint density at radius 1 is 0.769 bits per heavy atom. The van der Waals surface area contributed by atoms with Gasteiger partial charge in [-0.2, -0.15) is 0 Å². The van der Waals surface area contributed by atoms with E-state index in [0.29, 0.717) is 0 Å². The maximum absolute atomic E-state index is 4.87. The number of rotatable bonds is 0. The van der Waals surface area contributed by atoms with Gasteiger partial charge in [-0.25, -0.2) is 0 Å². The van der Waals surface area contributed by atoms with Crippen LogP contribution in [-0.2, 0) is 0 Å². The Morgan fingerprint density at radius 2 is 1.23 bits per heavy atom. The van der Waals surface area contributed by atoms with Gasteiger partial charge in [0.25, 0.3) is 0 Å². The lowest BCUT2D eigenvalue weighted by Crippen LogP contribution is -2.00. The molecular weight excluding hydrogens is 158 g/mol. The van der Waals surface area contributed by atoms with Crippen molar-refractivity contribution >= 4 is 0 Å². The van der Waals surface area contributed by atoms with E-state index in [2.05, 4.69) is 53.4 Å². The van der Waals surface area contributed by atoms with Crippen molar-refractivity contribution in [3.63, 3.8) is 0 Å². The van der Waals surface area contributed by atoms with Gasteiger partial charge >= 0.3 is 0 Å². The predicted molar refractivity (Wildman–Crippen MR) is 53.6 cm³/mol. The molecule has 0 aromatic heterocycles. The van der Waals surface area contributed by atoms with Gasteiger partial charge in [-0.3, -0.25) is 0 Å². The lowest BCUT2D eigenvalue weighted by Gasteiger charge is -1.94. The highest BCUT2D eigenvalue weighted by molar-refractivity contribution is 5.41. The average molecular weight is 165 g/mol. The molecule has 0 N–H and O–H groups in total. The van der Waals surface area contributed by atoms with Gasteiger partial charge in [0.05, 0.1) is 0 Å². The van der Waals surface area contributed by atoms with E-state index in [1.165, 1.54) is 0 Å². The van der Waals surface area contributed by atoms with Crippen molar-refractivity contribution in [2.75, 3.05) is 14.1 Å². The van der Waals surface area contributed by atoms with Crippen molar-refractivity contribution in [2.45, 2.75) is 0 Å². The maximum atomic E-state index is 4.87. The summed E-state index contributed by atoms with van der Waals surface area (Å²) in [6.07, 6.45) is 4.87. The Hall–Kier alpha value is -2.40. The van der Waals surface area contributed by atoms with E-state index >= 15 is 0 Å². The zero-order valence-corrected chi connectivity index (χ0v) is 7.52. The van der Waals surface area contributed by atoms with Crippen LogP contribution in [0.15, 0.2) is 0 Å². The smallest absolute Gasteiger partial charge is 0.0211 e. The summed E-state index contributed by atoms with van der Waals surface area (Å²) in [7, 11) is 3.66. The van der Waals surface area contributed by atoms with E-state index in [1.54, 1.807) is 4.90 Å². The lowest BCUT2D eigenvalue weighted by atomic mass is 10.5. The Bertz CT molecular complexity index is 431. The second kappa shape index (κ2) is 7.70. The molecule has 0 saturated carbocycles. The number of hydrogen-bond acceptors (Lipinski definition) is 1. The summed E-state index contributed by atoms with van der Waals surface area (Å²) < 4.78 is 0. The molecule has 0 aliphatic carbocycles. The molecule has 1 nitrogen and oxygen atoms in total. The van der Waals surface area contributed by atoms with Crippen molar-refractivity contribution in [3.8, 4) is 59.8 Å². The van der Waals surface area contributed by atoms with Gasteiger partial charge < -0.3 is 4.90 Å². The minimum absolute atomic E-state index is 1.71. The zero-order chi connectivity index (χ0) is 9.94. The first kappa shape index (κ1) is 10.6. The molecule has 0 spiro atoms. The van der Waals surface area contributed by atoms with Crippen LogP contribution in [0, 0.1) is 59.8 Å². The normalized spacial score (nSPS) is 4.69. The zero-order valence-electron chi connectivity index (χ0n) is 7.52. The lowest BCUT2D eigenvalue weighted by molar-refractivity contribution is 0.598. The topological polar surface area (TPSA) is 3.24 Å². The molecule has 0 aromatic carbocycles. The Morgan fingerprint density at radius 3 is 1.69 bits per heavy atom. The molecule has 0 atom stereocenters. The van der Waals surface area contributed by atoms with Gasteiger partial charge in [-0.05, 0) is 23.7 Å². The third kappa shape index (κ3) is 9.60. The third-order valence-corrected chi connectivity index (χ3v) is 0.727. The fourth-order valence-corrected chi connectivity index (χ4v) is 0.332. The summed E-state index contributed by atoms with van der Waals surface area (Å²) in [4.78, 5) is 1.71. The largest absolute Gasteiger partial charge is 0.338 e. The molecule has 0 radical (unpaired) electrons. The molecule has 0 aromatic rings. The van der Waals surface area contributed by atoms with Crippen molar-refractivity contribution in [1.82, 2.24) is 4.90 Å². The van der Waals surface area contributed by atoms with E-state index < -0.39 is 0 Å². The van der Waals surface area contributed by atoms with E-state index in [0.717, 1.165) is 0 Å². The molecule has 0 amide bonds. The summed E-state index contributed by atoms with van der Waals surface area (Å²) >= 11 is 0. The Labute approximate surface area is 79.5 Å². The predicted octanol–water partition coefficient (Wildman–Crippen LogP) is 0.152. The van der Waals surface area contributed by atoms with Crippen LogP contribution >= 0.6 is 0 Å². The molecule has 0 unspecified atom stereocenters.